The van der Waals surface area contributed by atoms with Crippen LogP contribution in [-0.2, 0) is 4.79 Å². The Morgan fingerprint density at radius 2 is 1.80 bits per heavy atom. The van der Waals surface area contributed by atoms with Crippen molar-refractivity contribution in [2.45, 2.75) is 19.9 Å². The average Bonchev–Trinajstić information content (AvgIpc) is 2.63. The van der Waals surface area contributed by atoms with E-state index < -0.39 is 0 Å². The minimum atomic E-state index is -0.262. The summed E-state index contributed by atoms with van der Waals surface area (Å²) in [4.78, 5) is 18.3. The van der Waals surface area contributed by atoms with Crippen molar-refractivity contribution in [2.75, 3.05) is 7.05 Å². The Balaban J connectivity index is 2.01. The molecule has 0 spiro atoms. The molecule has 1 heterocycles. The number of carbonyl (C=O) groups is 1. The molecule has 0 saturated carbocycles. The van der Waals surface area contributed by atoms with E-state index in [1.54, 1.807) is 7.05 Å². The molecule has 3 rings (SSSR count). The van der Waals surface area contributed by atoms with Gasteiger partial charge in [0.2, 0.25) is 5.91 Å². The standard InChI is InChI=1S/C21H21N3O/c1-4-7-15-8-5-9-16(12-15)17-10-6-11-18(13-17)19-14(2)20(25)24(3)21(22)23-19/h5-6,8-14,19H,1-3H3,(H2,22,23). The van der Waals surface area contributed by atoms with Crippen LogP contribution in [0, 0.1) is 17.8 Å². The second-order valence-electron chi connectivity index (χ2n) is 6.20. The van der Waals surface area contributed by atoms with Crippen molar-refractivity contribution in [1.29, 1.82) is 0 Å². The molecule has 126 valence electrons. The van der Waals surface area contributed by atoms with Gasteiger partial charge in [-0.3, -0.25) is 9.69 Å². The lowest BCUT2D eigenvalue weighted by molar-refractivity contribution is -0.131. The summed E-state index contributed by atoms with van der Waals surface area (Å²) in [6.07, 6.45) is 0. The summed E-state index contributed by atoms with van der Waals surface area (Å²) in [6.45, 7) is 3.72. The maximum atomic E-state index is 12.3. The van der Waals surface area contributed by atoms with Crippen LogP contribution < -0.4 is 5.73 Å². The van der Waals surface area contributed by atoms with Gasteiger partial charge in [0.05, 0.1) is 12.0 Å². The van der Waals surface area contributed by atoms with Gasteiger partial charge >= 0.3 is 0 Å². The molecule has 25 heavy (non-hydrogen) atoms. The molecule has 2 atom stereocenters. The highest BCUT2D eigenvalue weighted by molar-refractivity contribution is 5.99. The van der Waals surface area contributed by atoms with E-state index in [9.17, 15) is 4.79 Å². The van der Waals surface area contributed by atoms with Crippen molar-refractivity contribution in [1.82, 2.24) is 4.90 Å². The average molecular weight is 331 g/mol. The van der Waals surface area contributed by atoms with Gasteiger partial charge < -0.3 is 5.73 Å². The number of amides is 1. The normalized spacial score (nSPS) is 19.9. The molecule has 0 aromatic heterocycles. The van der Waals surface area contributed by atoms with E-state index in [1.807, 2.05) is 38.1 Å². The summed E-state index contributed by atoms with van der Waals surface area (Å²) in [5.41, 5.74) is 10.0. The van der Waals surface area contributed by atoms with Gasteiger partial charge in [0.25, 0.3) is 0 Å². The summed E-state index contributed by atoms with van der Waals surface area (Å²) in [5.74, 6) is 6.01. The van der Waals surface area contributed by atoms with Crippen molar-refractivity contribution in [2.24, 2.45) is 16.6 Å². The highest BCUT2D eigenvalue weighted by atomic mass is 16.2. The molecule has 4 nitrogen and oxygen atoms in total. The Bertz CT molecular complexity index is 905. The number of nitrogens with zero attached hydrogens (tertiary/aromatic N) is 2. The Morgan fingerprint density at radius 1 is 1.12 bits per heavy atom. The third kappa shape index (κ3) is 3.27. The first-order valence-corrected chi connectivity index (χ1v) is 8.25. The third-order valence-electron chi connectivity index (χ3n) is 4.50. The van der Waals surface area contributed by atoms with Gasteiger partial charge in [-0.05, 0) is 41.8 Å². The molecule has 2 N–H and O–H groups in total. The topological polar surface area (TPSA) is 58.7 Å². The van der Waals surface area contributed by atoms with E-state index in [0.717, 1.165) is 22.3 Å². The highest BCUT2D eigenvalue weighted by Crippen LogP contribution is 2.33. The quantitative estimate of drug-likeness (QED) is 0.859. The van der Waals surface area contributed by atoms with E-state index in [4.69, 9.17) is 5.73 Å². The van der Waals surface area contributed by atoms with E-state index in [-0.39, 0.29) is 23.8 Å². The zero-order valence-corrected chi connectivity index (χ0v) is 14.7. The van der Waals surface area contributed by atoms with Crippen LogP contribution in [0.2, 0.25) is 0 Å². The molecule has 0 saturated heterocycles. The molecule has 4 heteroatoms. The summed E-state index contributed by atoms with van der Waals surface area (Å²) >= 11 is 0. The molecule has 0 radical (unpaired) electrons. The first-order valence-electron chi connectivity index (χ1n) is 8.25. The summed E-state index contributed by atoms with van der Waals surface area (Å²) in [7, 11) is 1.66. The largest absolute Gasteiger partial charge is 0.369 e. The highest BCUT2D eigenvalue weighted by Gasteiger charge is 2.33. The predicted molar refractivity (Wildman–Crippen MR) is 101 cm³/mol. The van der Waals surface area contributed by atoms with Gasteiger partial charge in [-0.2, -0.15) is 0 Å². The molecule has 0 bridgehead atoms. The van der Waals surface area contributed by atoms with E-state index in [2.05, 4.69) is 41.1 Å². The summed E-state index contributed by atoms with van der Waals surface area (Å²) in [6, 6.07) is 16.0. The smallest absolute Gasteiger partial charge is 0.234 e. The van der Waals surface area contributed by atoms with Gasteiger partial charge in [0, 0.05) is 12.6 Å². The number of rotatable bonds is 2. The molecular weight excluding hydrogens is 310 g/mol. The zero-order valence-electron chi connectivity index (χ0n) is 14.7. The number of aliphatic imine (C=N–C) groups is 1. The van der Waals surface area contributed by atoms with Crippen molar-refractivity contribution in [3.63, 3.8) is 0 Å². The van der Waals surface area contributed by atoms with Crippen LogP contribution in [-0.4, -0.2) is 23.8 Å². The van der Waals surface area contributed by atoms with Crippen LogP contribution in [0.3, 0.4) is 0 Å². The summed E-state index contributed by atoms with van der Waals surface area (Å²) in [5, 5.41) is 0. The fourth-order valence-electron chi connectivity index (χ4n) is 3.08. The lowest BCUT2D eigenvalue weighted by Gasteiger charge is -2.31. The number of nitrogens with two attached hydrogens (primary N) is 1. The van der Waals surface area contributed by atoms with E-state index >= 15 is 0 Å². The van der Waals surface area contributed by atoms with Gasteiger partial charge in [-0.15, -0.1) is 5.92 Å². The molecule has 2 unspecified atom stereocenters. The van der Waals surface area contributed by atoms with Crippen LogP contribution in [0.5, 0.6) is 0 Å². The maximum absolute atomic E-state index is 12.3. The monoisotopic (exact) mass is 331 g/mol. The van der Waals surface area contributed by atoms with Crippen LogP contribution in [0.4, 0.5) is 0 Å². The van der Waals surface area contributed by atoms with Crippen molar-refractivity contribution >= 4 is 11.9 Å². The Hall–Kier alpha value is -3.06. The van der Waals surface area contributed by atoms with Crippen molar-refractivity contribution in [3.05, 3.63) is 59.7 Å². The molecule has 1 aliphatic heterocycles. The third-order valence-corrected chi connectivity index (χ3v) is 4.50. The first kappa shape index (κ1) is 16.8. The van der Waals surface area contributed by atoms with E-state index in [1.165, 1.54) is 4.90 Å². The molecule has 2 aromatic carbocycles. The van der Waals surface area contributed by atoms with Crippen molar-refractivity contribution in [3.8, 4) is 23.0 Å². The second kappa shape index (κ2) is 6.82. The molecule has 1 aliphatic rings. The van der Waals surface area contributed by atoms with Gasteiger partial charge in [0.1, 0.15) is 0 Å². The predicted octanol–water partition coefficient (Wildman–Crippen LogP) is 3.19. The molecule has 1 amide bonds. The minimum absolute atomic E-state index is 0.0110. The molecule has 0 aliphatic carbocycles. The SMILES string of the molecule is CC#Cc1cccc(-c2cccc(C3N=C(N)N(C)C(=O)C3C)c2)c1. The lowest BCUT2D eigenvalue weighted by Crippen LogP contribution is -2.46. The zero-order chi connectivity index (χ0) is 18.0. The van der Waals surface area contributed by atoms with Crippen LogP contribution in [0.1, 0.15) is 31.0 Å². The summed E-state index contributed by atoms with van der Waals surface area (Å²) < 4.78 is 0. The minimum Gasteiger partial charge on any atom is -0.369 e. The Morgan fingerprint density at radius 3 is 2.52 bits per heavy atom. The first-order chi connectivity index (χ1) is 12.0. The van der Waals surface area contributed by atoms with Gasteiger partial charge in [-0.25, -0.2) is 4.99 Å². The van der Waals surface area contributed by atoms with Crippen LogP contribution in [0.25, 0.3) is 11.1 Å². The van der Waals surface area contributed by atoms with Crippen molar-refractivity contribution < 1.29 is 4.79 Å². The van der Waals surface area contributed by atoms with Crippen LogP contribution >= 0.6 is 0 Å². The molecule has 2 aromatic rings. The fourth-order valence-corrected chi connectivity index (χ4v) is 3.08. The number of hydrogen-bond donors (Lipinski definition) is 1. The number of benzene rings is 2. The number of carbonyl (C=O) groups excluding carboxylic acids is 1. The molecular formula is C21H21N3O. The Kier molecular flexibility index (Phi) is 4.58. The molecule has 0 fully saturated rings. The van der Waals surface area contributed by atoms with Gasteiger partial charge in [-0.1, -0.05) is 43.2 Å². The van der Waals surface area contributed by atoms with E-state index in [0.29, 0.717) is 0 Å². The Labute approximate surface area is 148 Å². The fraction of sp³-hybridized carbons (Fsp3) is 0.238. The maximum Gasteiger partial charge on any atom is 0.234 e. The van der Waals surface area contributed by atoms with Crippen LogP contribution in [0.15, 0.2) is 53.5 Å². The lowest BCUT2D eigenvalue weighted by atomic mass is 9.90. The number of hydrogen-bond acceptors (Lipinski definition) is 3. The van der Waals surface area contributed by atoms with Gasteiger partial charge in [0.15, 0.2) is 5.96 Å². The number of guanidine groups is 1. The second-order valence-corrected chi connectivity index (χ2v) is 6.20.